The van der Waals surface area contributed by atoms with Gasteiger partial charge in [-0.2, -0.15) is 0 Å². The van der Waals surface area contributed by atoms with Crippen LogP contribution in [0.2, 0.25) is 0 Å². The molecule has 0 saturated carbocycles. The zero-order chi connectivity index (χ0) is 9.84. The average Bonchev–Trinajstić information content (AvgIpc) is 2.03. The second kappa shape index (κ2) is 4.17. The summed E-state index contributed by atoms with van der Waals surface area (Å²) in [6.07, 6.45) is 1.01. The third kappa shape index (κ3) is 2.65. The third-order valence-electron chi connectivity index (χ3n) is 1.86. The van der Waals surface area contributed by atoms with Crippen LogP contribution in [0.4, 0.5) is 8.78 Å². The first kappa shape index (κ1) is 9.90. The summed E-state index contributed by atoms with van der Waals surface area (Å²) in [4.78, 5) is 0. The lowest BCUT2D eigenvalue weighted by molar-refractivity contribution is 0.554. The highest BCUT2D eigenvalue weighted by molar-refractivity contribution is 5.20. The van der Waals surface area contributed by atoms with Gasteiger partial charge in [0.2, 0.25) is 0 Å². The van der Waals surface area contributed by atoms with Crippen LogP contribution in [-0.4, -0.2) is 0 Å². The SMILES string of the molecule is C=C(C)CCc1c(F)cccc1F. The quantitative estimate of drug-likeness (QED) is 0.628. The van der Waals surface area contributed by atoms with Crippen molar-refractivity contribution < 1.29 is 8.78 Å². The Labute approximate surface area is 76.9 Å². The van der Waals surface area contributed by atoms with Gasteiger partial charge < -0.3 is 0 Å². The zero-order valence-electron chi connectivity index (χ0n) is 7.61. The van der Waals surface area contributed by atoms with Gasteiger partial charge >= 0.3 is 0 Å². The largest absolute Gasteiger partial charge is 0.207 e. The minimum Gasteiger partial charge on any atom is -0.207 e. The van der Waals surface area contributed by atoms with Crippen molar-refractivity contribution in [1.29, 1.82) is 0 Å². The number of allylic oxidation sites excluding steroid dienone is 1. The molecule has 0 unspecified atom stereocenters. The Bertz CT molecular complexity index is 296. The minimum absolute atomic E-state index is 0.158. The molecule has 0 nitrogen and oxygen atoms in total. The predicted molar refractivity (Wildman–Crippen MR) is 49.5 cm³/mol. The van der Waals surface area contributed by atoms with Crippen LogP contribution in [0, 0.1) is 11.6 Å². The topological polar surface area (TPSA) is 0 Å². The average molecular weight is 182 g/mol. The Morgan fingerprint density at radius 2 is 1.85 bits per heavy atom. The maximum absolute atomic E-state index is 13.0. The summed E-state index contributed by atoms with van der Waals surface area (Å²) >= 11 is 0. The molecule has 0 amide bonds. The van der Waals surface area contributed by atoms with Crippen molar-refractivity contribution in [3.8, 4) is 0 Å². The van der Waals surface area contributed by atoms with Gasteiger partial charge in [0.15, 0.2) is 0 Å². The summed E-state index contributed by atoms with van der Waals surface area (Å²) in [7, 11) is 0. The van der Waals surface area contributed by atoms with Gasteiger partial charge in [0, 0.05) is 5.56 Å². The molecule has 0 N–H and O–H groups in total. The van der Waals surface area contributed by atoms with E-state index in [2.05, 4.69) is 6.58 Å². The second-order valence-corrected chi connectivity index (χ2v) is 3.16. The lowest BCUT2D eigenvalue weighted by Gasteiger charge is -2.03. The Balaban J connectivity index is 2.81. The minimum atomic E-state index is -0.471. The summed E-state index contributed by atoms with van der Waals surface area (Å²) in [6.45, 7) is 5.53. The zero-order valence-corrected chi connectivity index (χ0v) is 7.61. The molecule has 70 valence electrons. The van der Waals surface area contributed by atoms with Crippen molar-refractivity contribution in [3.63, 3.8) is 0 Å². The van der Waals surface area contributed by atoms with Crippen LogP contribution in [0.15, 0.2) is 30.4 Å². The summed E-state index contributed by atoms with van der Waals surface area (Å²) in [6, 6.07) is 3.92. The smallest absolute Gasteiger partial charge is 0.129 e. The molecular weight excluding hydrogens is 170 g/mol. The monoisotopic (exact) mass is 182 g/mol. The van der Waals surface area contributed by atoms with Gasteiger partial charge in [-0.05, 0) is 31.9 Å². The van der Waals surface area contributed by atoms with E-state index in [1.165, 1.54) is 18.2 Å². The summed E-state index contributed by atoms with van der Waals surface area (Å²) < 4.78 is 26.1. The molecule has 0 bridgehead atoms. The molecule has 1 rings (SSSR count). The molecule has 2 heteroatoms. The summed E-state index contributed by atoms with van der Waals surface area (Å²) in [5.74, 6) is -0.942. The molecule has 0 saturated heterocycles. The normalized spacial score (nSPS) is 10.1. The van der Waals surface area contributed by atoms with Gasteiger partial charge in [0.05, 0.1) is 0 Å². The van der Waals surface area contributed by atoms with E-state index in [4.69, 9.17) is 0 Å². The number of rotatable bonds is 3. The van der Waals surface area contributed by atoms with Gasteiger partial charge in [0.25, 0.3) is 0 Å². The Kier molecular flexibility index (Phi) is 3.18. The van der Waals surface area contributed by atoms with Gasteiger partial charge in [-0.15, -0.1) is 6.58 Å². The molecular formula is C11H12F2. The number of hydrogen-bond donors (Lipinski definition) is 0. The van der Waals surface area contributed by atoms with E-state index in [0.717, 1.165) is 5.57 Å². The molecule has 0 heterocycles. The van der Waals surface area contributed by atoms with Crippen LogP contribution in [0.1, 0.15) is 18.9 Å². The lowest BCUT2D eigenvalue weighted by atomic mass is 10.1. The fraction of sp³-hybridized carbons (Fsp3) is 0.273. The van der Waals surface area contributed by atoms with E-state index in [9.17, 15) is 8.78 Å². The third-order valence-corrected chi connectivity index (χ3v) is 1.86. The number of halogens is 2. The van der Waals surface area contributed by atoms with Gasteiger partial charge in [-0.25, -0.2) is 8.78 Å². The highest BCUT2D eigenvalue weighted by atomic mass is 19.1. The fourth-order valence-electron chi connectivity index (χ4n) is 1.11. The van der Waals surface area contributed by atoms with Crippen LogP contribution in [0.25, 0.3) is 0 Å². The van der Waals surface area contributed by atoms with Gasteiger partial charge in [-0.1, -0.05) is 11.6 Å². The van der Waals surface area contributed by atoms with E-state index < -0.39 is 11.6 Å². The van der Waals surface area contributed by atoms with Crippen LogP contribution in [-0.2, 0) is 6.42 Å². The first-order chi connectivity index (χ1) is 6.11. The molecule has 1 aromatic rings. The number of benzene rings is 1. The van der Waals surface area contributed by atoms with Crippen molar-refractivity contribution in [2.75, 3.05) is 0 Å². The molecule has 0 aliphatic heterocycles. The maximum Gasteiger partial charge on any atom is 0.129 e. The van der Waals surface area contributed by atoms with Crippen molar-refractivity contribution in [3.05, 3.63) is 47.5 Å². The molecule has 1 aromatic carbocycles. The van der Waals surface area contributed by atoms with Gasteiger partial charge in [0.1, 0.15) is 11.6 Å². The molecule has 0 fully saturated rings. The first-order valence-electron chi connectivity index (χ1n) is 4.18. The standard InChI is InChI=1S/C11H12F2/c1-8(2)6-7-9-10(12)4-3-5-11(9)13/h3-5H,1,6-7H2,2H3. The highest BCUT2D eigenvalue weighted by Crippen LogP contribution is 2.15. The Hall–Kier alpha value is -1.18. The molecule has 0 radical (unpaired) electrons. The van der Waals surface area contributed by atoms with Crippen molar-refractivity contribution >= 4 is 0 Å². The van der Waals surface area contributed by atoms with Crippen LogP contribution >= 0.6 is 0 Å². The molecule has 0 aliphatic rings. The van der Waals surface area contributed by atoms with E-state index >= 15 is 0 Å². The molecule has 0 aliphatic carbocycles. The van der Waals surface area contributed by atoms with Crippen LogP contribution < -0.4 is 0 Å². The number of hydrogen-bond acceptors (Lipinski definition) is 0. The van der Waals surface area contributed by atoms with Crippen LogP contribution in [0.5, 0.6) is 0 Å². The summed E-state index contributed by atoms with van der Waals surface area (Å²) in [5.41, 5.74) is 1.09. The van der Waals surface area contributed by atoms with Crippen LogP contribution in [0.3, 0.4) is 0 Å². The van der Waals surface area contributed by atoms with E-state index in [-0.39, 0.29) is 5.56 Å². The van der Waals surface area contributed by atoms with E-state index in [1.54, 1.807) is 0 Å². The lowest BCUT2D eigenvalue weighted by Crippen LogP contribution is -1.95. The van der Waals surface area contributed by atoms with Crippen molar-refractivity contribution in [2.24, 2.45) is 0 Å². The van der Waals surface area contributed by atoms with E-state index in [1.807, 2.05) is 6.92 Å². The Morgan fingerprint density at radius 3 is 2.31 bits per heavy atom. The van der Waals surface area contributed by atoms with Crippen molar-refractivity contribution in [2.45, 2.75) is 19.8 Å². The van der Waals surface area contributed by atoms with Gasteiger partial charge in [-0.3, -0.25) is 0 Å². The second-order valence-electron chi connectivity index (χ2n) is 3.16. The molecule has 0 atom stereocenters. The Morgan fingerprint density at radius 1 is 1.31 bits per heavy atom. The van der Waals surface area contributed by atoms with Crippen molar-refractivity contribution in [1.82, 2.24) is 0 Å². The highest BCUT2D eigenvalue weighted by Gasteiger charge is 2.06. The fourth-order valence-corrected chi connectivity index (χ4v) is 1.11. The predicted octanol–water partition coefficient (Wildman–Crippen LogP) is 3.47. The molecule has 0 aromatic heterocycles. The molecule has 13 heavy (non-hydrogen) atoms. The van der Waals surface area contributed by atoms with E-state index in [0.29, 0.717) is 12.8 Å². The maximum atomic E-state index is 13.0. The molecule has 0 spiro atoms. The summed E-state index contributed by atoms with van der Waals surface area (Å²) in [5, 5.41) is 0. The first-order valence-corrected chi connectivity index (χ1v) is 4.18.